The second-order valence-electron chi connectivity index (χ2n) is 16.8. The van der Waals surface area contributed by atoms with Crippen LogP contribution in [0.1, 0.15) is 0 Å². The van der Waals surface area contributed by atoms with Gasteiger partial charge < -0.3 is 13.7 Å². The average Bonchev–Trinajstić information content (AvgIpc) is 4.01. The van der Waals surface area contributed by atoms with E-state index in [1.54, 1.807) is 0 Å². The minimum Gasteiger partial charge on any atom is -0.309 e. The van der Waals surface area contributed by atoms with Crippen molar-refractivity contribution in [3.05, 3.63) is 249 Å². The van der Waals surface area contributed by atoms with E-state index >= 15 is 0 Å². The van der Waals surface area contributed by atoms with E-state index in [4.69, 9.17) is 0 Å². The summed E-state index contributed by atoms with van der Waals surface area (Å²) in [5.74, 6) is 0. The largest absolute Gasteiger partial charge is 0.309 e. The van der Waals surface area contributed by atoms with E-state index in [-0.39, 0.29) is 0 Å². The maximum atomic E-state index is 2.60. The number of aromatic nitrogens is 3. The zero-order valence-corrected chi connectivity index (χ0v) is 36.0. The first-order chi connectivity index (χ1) is 31.8. The van der Waals surface area contributed by atoms with Crippen LogP contribution in [0.15, 0.2) is 249 Å². The molecule has 10 aromatic carbocycles. The van der Waals surface area contributed by atoms with Gasteiger partial charge in [0.25, 0.3) is 0 Å². The van der Waals surface area contributed by atoms with E-state index in [2.05, 4.69) is 262 Å². The topological polar surface area (TPSA) is 14.8 Å². The lowest BCUT2D eigenvalue weighted by Gasteiger charge is -2.36. The van der Waals surface area contributed by atoms with Gasteiger partial charge in [-0.1, -0.05) is 194 Å². The number of hydrogen-bond donors (Lipinski definition) is 0. The Morgan fingerprint density at radius 2 is 0.625 bits per heavy atom. The van der Waals surface area contributed by atoms with Crippen LogP contribution >= 0.6 is 0 Å². The predicted octanol–water partition coefficient (Wildman–Crippen LogP) is 12.4. The molecule has 0 saturated heterocycles. The van der Waals surface area contributed by atoms with Crippen molar-refractivity contribution in [2.45, 2.75) is 0 Å². The van der Waals surface area contributed by atoms with E-state index in [0.717, 1.165) is 16.9 Å². The number of fused-ring (bicyclic) bond motifs is 9. The molecule has 13 rings (SSSR count). The summed E-state index contributed by atoms with van der Waals surface area (Å²) >= 11 is 0. The quantitative estimate of drug-likeness (QED) is 0.112. The Morgan fingerprint density at radius 1 is 0.250 bits per heavy atom. The highest BCUT2D eigenvalue weighted by Crippen LogP contribution is 2.41. The highest BCUT2D eigenvalue weighted by molar-refractivity contribution is 7.20. The van der Waals surface area contributed by atoms with E-state index in [9.17, 15) is 0 Å². The summed E-state index contributed by atoms with van der Waals surface area (Å²) in [5.41, 5.74) is 10.6. The van der Waals surface area contributed by atoms with Crippen molar-refractivity contribution in [3.63, 3.8) is 0 Å². The van der Waals surface area contributed by atoms with E-state index in [0.29, 0.717) is 0 Å². The van der Waals surface area contributed by atoms with Gasteiger partial charge in [0, 0.05) is 43.7 Å². The molecule has 0 saturated carbocycles. The van der Waals surface area contributed by atoms with Crippen molar-refractivity contribution in [3.8, 4) is 17.1 Å². The number of hydrogen-bond acceptors (Lipinski definition) is 0. The molecule has 0 N–H and O–H groups in total. The average molecular weight is 832 g/mol. The third-order valence-electron chi connectivity index (χ3n) is 13.6. The summed E-state index contributed by atoms with van der Waals surface area (Å²) in [6.45, 7) is 0. The Bertz CT molecular complexity index is 3730. The standard InChI is InChI=1S/C60H41N3Si/c1-5-22-42(23-6-1)61-52-35-17-15-32-48(52)50-34-21-39-56(60(50)61)63-55-38-20-16-33-49(55)51-40-59(58(41-57(51)63)62-53-36-18-13-30-46(53)47-31-14-19-37-54(47)62)64(43-24-7-2-8-25-43,44-26-9-3-10-27-44)45-28-11-4-12-29-45/h1-41H. The minimum absolute atomic E-state index is 1.14. The first-order valence-electron chi connectivity index (χ1n) is 22.1. The molecule has 0 aliphatic heterocycles. The highest BCUT2D eigenvalue weighted by atomic mass is 28.3. The van der Waals surface area contributed by atoms with E-state index in [1.807, 2.05) is 0 Å². The normalized spacial score (nSPS) is 12.1. The fourth-order valence-corrected chi connectivity index (χ4v) is 15.9. The van der Waals surface area contributed by atoms with Gasteiger partial charge in [-0.25, -0.2) is 0 Å². The van der Waals surface area contributed by atoms with Gasteiger partial charge in [0.05, 0.1) is 38.8 Å². The van der Waals surface area contributed by atoms with Crippen LogP contribution in [-0.2, 0) is 0 Å². The van der Waals surface area contributed by atoms with Crippen LogP contribution in [0.5, 0.6) is 0 Å². The summed E-state index contributed by atoms with van der Waals surface area (Å²) in [5, 5.41) is 12.8. The molecule has 13 aromatic rings. The Kier molecular flexibility index (Phi) is 8.23. The van der Waals surface area contributed by atoms with Gasteiger partial charge in [-0.05, 0) is 75.3 Å². The summed E-state index contributed by atoms with van der Waals surface area (Å²) in [6, 6.07) is 92.6. The molecule has 3 heterocycles. The molecular weight excluding hydrogens is 791 g/mol. The van der Waals surface area contributed by atoms with E-state index in [1.165, 1.54) is 86.3 Å². The molecule has 3 nitrogen and oxygen atoms in total. The third-order valence-corrected chi connectivity index (χ3v) is 18.4. The lowest BCUT2D eigenvalue weighted by molar-refractivity contribution is 1.13. The van der Waals surface area contributed by atoms with Gasteiger partial charge in [-0.15, -0.1) is 0 Å². The molecule has 0 aliphatic rings. The van der Waals surface area contributed by atoms with Gasteiger partial charge >= 0.3 is 0 Å². The molecule has 0 amide bonds. The van der Waals surface area contributed by atoms with Crippen LogP contribution < -0.4 is 20.7 Å². The highest BCUT2D eigenvalue weighted by Gasteiger charge is 2.44. The number of para-hydroxylation sites is 6. The van der Waals surface area contributed by atoms with Crippen molar-refractivity contribution in [1.29, 1.82) is 0 Å². The second-order valence-corrected chi connectivity index (χ2v) is 20.6. The summed E-state index contributed by atoms with van der Waals surface area (Å²) in [4.78, 5) is 0. The fraction of sp³-hybridized carbons (Fsp3) is 0. The van der Waals surface area contributed by atoms with Crippen LogP contribution in [0.4, 0.5) is 0 Å². The molecule has 3 aromatic heterocycles. The molecule has 64 heavy (non-hydrogen) atoms. The Hall–Kier alpha value is -8.18. The molecular formula is C60H41N3Si. The van der Waals surface area contributed by atoms with Gasteiger partial charge in [-0.3, -0.25) is 0 Å². The molecule has 0 atom stereocenters. The Morgan fingerprint density at radius 3 is 1.12 bits per heavy atom. The van der Waals surface area contributed by atoms with Gasteiger partial charge in [-0.2, -0.15) is 0 Å². The van der Waals surface area contributed by atoms with Crippen LogP contribution in [0, 0.1) is 0 Å². The van der Waals surface area contributed by atoms with E-state index < -0.39 is 8.07 Å². The fourth-order valence-electron chi connectivity index (χ4n) is 11.0. The predicted molar refractivity (Wildman–Crippen MR) is 273 cm³/mol. The summed E-state index contributed by atoms with van der Waals surface area (Å²) in [6.07, 6.45) is 0. The number of benzene rings is 10. The van der Waals surface area contributed by atoms with Crippen molar-refractivity contribution in [1.82, 2.24) is 13.7 Å². The minimum atomic E-state index is -3.10. The molecule has 0 aliphatic carbocycles. The molecule has 0 spiro atoms. The second kappa shape index (κ2) is 14.5. The first kappa shape index (κ1) is 36.5. The van der Waals surface area contributed by atoms with Gasteiger partial charge in [0.1, 0.15) is 0 Å². The lowest BCUT2D eigenvalue weighted by Crippen LogP contribution is -2.75. The molecule has 4 heteroatoms. The first-order valence-corrected chi connectivity index (χ1v) is 24.1. The monoisotopic (exact) mass is 831 g/mol. The van der Waals surface area contributed by atoms with Crippen LogP contribution in [0.2, 0.25) is 0 Å². The maximum absolute atomic E-state index is 3.10. The van der Waals surface area contributed by atoms with Gasteiger partial charge in [0.2, 0.25) is 0 Å². The molecule has 0 unspecified atom stereocenters. The van der Waals surface area contributed by atoms with Crippen LogP contribution in [0.3, 0.4) is 0 Å². The Balaban J connectivity index is 1.26. The van der Waals surface area contributed by atoms with Crippen molar-refractivity contribution in [2.75, 3.05) is 0 Å². The Labute approximate surface area is 372 Å². The SMILES string of the molecule is c1ccc(-n2c3ccccc3c3cccc(-n4c5ccccc5c5cc([Si](c6ccccc6)(c6ccccc6)c6ccccc6)c(-n6c7ccccc7c7ccccc76)cc54)c32)cc1. The van der Waals surface area contributed by atoms with Crippen LogP contribution in [-0.4, -0.2) is 21.8 Å². The molecule has 0 bridgehead atoms. The van der Waals surface area contributed by atoms with Crippen molar-refractivity contribution in [2.24, 2.45) is 0 Å². The van der Waals surface area contributed by atoms with Crippen molar-refractivity contribution >= 4 is 94.2 Å². The third kappa shape index (κ3) is 5.21. The number of nitrogens with zero attached hydrogens (tertiary/aromatic N) is 3. The molecule has 0 radical (unpaired) electrons. The zero-order chi connectivity index (χ0) is 42.2. The zero-order valence-electron chi connectivity index (χ0n) is 35.0. The summed E-state index contributed by atoms with van der Waals surface area (Å²) in [7, 11) is -3.10. The smallest absolute Gasteiger partial charge is 0.181 e. The molecule has 300 valence electrons. The maximum Gasteiger partial charge on any atom is 0.181 e. The summed E-state index contributed by atoms with van der Waals surface area (Å²) < 4.78 is 7.57. The van der Waals surface area contributed by atoms with Gasteiger partial charge in [0.15, 0.2) is 8.07 Å². The van der Waals surface area contributed by atoms with Crippen molar-refractivity contribution < 1.29 is 0 Å². The lowest BCUT2D eigenvalue weighted by atomic mass is 10.1. The molecule has 0 fully saturated rings. The number of rotatable bonds is 7. The van der Waals surface area contributed by atoms with Crippen LogP contribution in [0.25, 0.3) is 82.5 Å².